The van der Waals surface area contributed by atoms with Gasteiger partial charge in [-0.3, -0.25) is 4.79 Å². The maximum absolute atomic E-state index is 13.1. The van der Waals surface area contributed by atoms with Crippen molar-refractivity contribution in [3.05, 3.63) is 29.3 Å². The predicted molar refractivity (Wildman–Crippen MR) is 75.3 cm³/mol. The molecule has 0 spiro atoms. The Hall–Kier alpha value is -1.72. The number of amides is 1. The lowest BCUT2D eigenvalue weighted by Gasteiger charge is -2.23. The second kappa shape index (κ2) is 5.95. The number of hydrogen-bond donors (Lipinski definition) is 1. The van der Waals surface area contributed by atoms with Gasteiger partial charge in [-0.25, -0.2) is 0 Å². The highest BCUT2D eigenvalue weighted by molar-refractivity contribution is 6.00. The number of carbonyl (C=O) groups is 1. The first-order chi connectivity index (χ1) is 9.90. The Morgan fingerprint density at radius 2 is 2.00 bits per heavy atom. The first-order valence-electron chi connectivity index (χ1n) is 7.15. The van der Waals surface area contributed by atoms with E-state index < -0.39 is 11.7 Å². The van der Waals surface area contributed by atoms with Gasteiger partial charge in [0.2, 0.25) is 0 Å². The van der Waals surface area contributed by atoms with E-state index in [9.17, 15) is 18.0 Å². The molecule has 2 rings (SSSR count). The van der Waals surface area contributed by atoms with Crippen molar-refractivity contribution < 1.29 is 18.0 Å². The van der Waals surface area contributed by atoms with Gasteiger partial charge in [0.15, 0.2) is 0 Å². The van der Waals surface area contributed by atoms with E-state index in [1.807, 2.05) is 6.92 Å². The van der Waals surface area contributed by atoms with Crippen LogP contribution < -0.4 is 5.32 Å². The fourth-order valence-corrected chi connectivity index (χ4v) is 2.44. The molecule has 0 aromatic heterocycles. The number of anilines is 1. The maximum atomic E-state index is 13.1. The summed E-state index contributed by atoms with van der Waals surface area (Å²) in [6.45, 7) is 4.38. The second-order valence-corrected chi connectivity index (χ2v) is 5.08. The quantitative estimate of drug-likeness (QED) is 0.898. The number of para-hydroxylation sites is 1. The van der Waals surface area contributed by atoms with Gasteiger partial charge >= 0.3 is 6.18 Å². The van der Waals surface area contributed by atoms with E-state index in [1.54, 1.807) is 11.8 Å². The Morgan fingerprint density at radius 3 is 2.48 bits per heavy atom. The van der Waals surface area contributed by atoms with E-state index in [2.05, 4.69) is 5.32 Å². The molecule has 1 saturated carbocycles. The lowest BCUT2D eigenvalue weighted by atomic mass is 10.0. The van der Waals surface area contributed by atoms with Crippen LogP contribution in [0.4, 0.5) is 18.9 Å². The normalized spacial score (nSPS) is 14.9. The average Bonchev–Trinajstić information content (AvgIpc) is 3.23. The van der Waals surface area contributed by atoms with Crippen LogP contribution in [0.15, 0.2) is 18.2 Å². The molecule has 0 saturated heterocycles. The highest BCUT2D eigenvalue weighted by Crippen LogP contribution is 2.38. The van der Waals surface area contributed by atoms with Crippen LogP contribution in [-0.2, 0) is 6.18 Å². The third-order valence-electron chi connectivity index (χ3n) is 3.54. The van der Waals surface area contributed by atoms with Gasteiger partial charge in [-0.15, -0.1) is 0 Å². The van der Waals surface area contributed by atoms with Crippen molar-refractivity contribution in [2.45, 2.75) is 38.9 Å². The van der Waals surface area contributed by atoms with Crippen LogP contribution in [0.25, 0.3) is 0 Å². The summed E-state index contributed by atoms with van der Waals surface area (Å²) in [4.78, 5) is 14.2. The minimum atomic E-state index is -4.48. The van der Waals surface area contributed by atoms with E-state index >= 15 is 0 Å². The van der Waals surface area contributed by atoms with Crippen LogP contribution in [-0.4, -0.2) is 29.9 Å². The minimum Gasteiger partial charge on any atom is -0.384 e. The molecule has 1 aromatic carbocycles. The zero-order chi connectivity index (χ0) is 15.6. The van der Waals surface area contributed by atoms with Gasteiger partial charge in [-0.1, -0.05) is 6.07 Å². The molecule has 0 unspecified atom stereocenters. The van der Waals surface area contributed by atoms with Crippen molar-refractivity contribution >= 4 is 11.6 Å². The largest absolute Gasteiger partial charge is 0.418 e. The monoisotopic (exact) mass is 300 g/mol. The Morgan fingerprint density at radius 1 is 1.33 bits per heavy atom. The highest BCUT2D eigenvalue weighted by atomic mass is 19.4. The van der Waals surface area contributed by atoms with Crippen LogP contribution in [0.2, 0.25) is 0 Å². The van der Waals surface area contributed by atoms with Crippen molar-refractivity contribution in [2.24, 2.45) is 0 Å². The number of carbonyl (C=O) groups excluding carboxylic acids is 1. The molecular weight excluding hydrogens is 281 g/mol. The Kier molecular flexibility index (Phi) is 4.44. The number of rotatable bonds is 5. The second-order valence-electron chi connectivity index (χ2n) is 5.08. The van der Waals surface area contributed by atoms with Crippen molar-refractivity contribution in [3.8, 4) is 0 Å². The number of nitrogens with zero attached hydrogens (tertiary/aromatic N) is 1. The Balaban J connectivity index is 2.44. The molecule has 1 N–H and O–H groups in total. The summed E-state index contributed by atoms with van der Waals surface area (Å²) in [5, 5.41) is 2.70. The summed E-state index contributed by atoms with van der Waals surface area (Å²) in [6, 6.07) is 3.92. The smallest absolute Gasteiger partial charge is 0.384 e. The van der Waals surface area contributed by atoms with E-state index in [-0.39, 0.29) is 23.2 Å². The number of nitrogens with one attached hydrogen (secondary N) is 1. The van der Waals surface area contributed by atoms with Crippen molar-refractivity contribution in [2.75, 3.05) is 18.4 Å². The zero-order valence-corrected chi connectivity index (χ0v) is 12.1. The topological polar surface area (TPSA) is 32.3 Å². The molecule has 6 heteroatoms. The van der Waals surface area contributed by atoms with E-state index in [0.717, 1.165) is 18.9 Å². The lowest BCUT2D eigenvalue weighted by Crippen LogP contribution is -2.33. The first-order valence-corrected chi connectivity index (χ1v) is 7.15. The number of alkyl halides is 3. The molecule has 0 bridgehead atoms. The molecular formula is C15H19F3N2O. The summed E-state index contributed by atoms with van der Waals surface area (Å²) in [5.74, 6) is -0.331. The fourth-order valence-electron chi connectivity index (χ4n) is 2.44. The number of benzene rings is 1. The van der Waals surface area contributed by atoms with Crippen molar-refractivity contribution in [1.29, 1.82) is 0 Å². The zero-order valence-electron chi connectivity index (χ0n) is 12.1. The molecule has 0 atom stereocenters. The Labute approximate surface area is 122 Å². The molecule has 0 aliphatic heterocycles. The molecule has 1 aliphatic rings. The third-order valence-corrected chi connectivity index (χ3v) is 3.54. The van der Waals surface area contributed by atoms with E-state index in [0.29, 0.717) is 13.1 Å². The summed E-state index contributed by atoms with van der Waals surface area (Å²) < 4.78 is 39.3. The summed E-state index contributed by atoms with van der Waals surface area (Å²) >= 11 is 0. The van der Waals surface area contributed by atoms with Crippen molar-refractivity contribution in [1.82, 2.24) is 4.90 Å². The molecule has 21 heavy (non-hydrogen) atoms. The SMILES string of the molecule is CCNc1c(C(=O)N(CC)C2CC2)cccc1C(F)(F)F. The van der Waals surface area contributed by atoms with Crippen LogP contribution in [0, 0.1) is 0 Å². The van der Waals surface area contributed by atoms with Crippen LogP contribution in [0.5, 0.6) is 0 Å². The fraction of sp³-hybridized carbons (Fsp3) is 0.533. The molecule has 0 heterocycles. The Bertz CT molecular complexity index is 524. The molecule has 1 amide bonds. The van der Waals surface area contributed by atoms with Crippen LogP contribution >= 0.6 is 0 Å². The summed E-state index contributed by atoms with van der Waals surface area (Å²) in [6.07, 6.45) is -2.63. The molecule has 0 radical (unpaired) electrons. The standard InChI is InChI=1S/C15H19F3N2O/c1-3-19-13-11(6-5-7-12(13)15(16,17)18)14(21)20(4-2)10-8-9-10/h5-7,10,19H,3-4,8-9H2,1-2H3. The highest BCUT2D eigenvalue weighted by Gasteiger charge is 2.37. The van der Waals surface area contributed by atoms with Gasteiger partial charge in [-0.05, 0) is 38.8 Å². The summed E-state index contributed by atoms with van der Waals surface area (Å²) in [5.41, 5.74) is -0.806. The van der Waals surface area contributed by atoms with Crippen LogP contribution in [0.1, 0.15) is 42.6 Å². The van der Waals surface area contributed by atoms with Crippen LogP contribution in [0.3, 0.4) is 0 Å². The van der Waals surface area contributed by atoms with Gasteiger partial charge in [0.25, 0.3) is 5.91 Å². The van der Waals surface area contributed by atoms with Gasteiger partial charge in [0.05, 0.1) is 16.8 Å². The first kappa shape index (κ1) is 15.7. The van der Waals surface area contributed by atoms with E-state index in [4.69, 9.17) is 0 Å². The summed E-state index contributed by atoms with van der Waals surface area (Å²) in [7, 11) is 0. The third kappa shape index (κ3) is 3.31. The maximum Gasteiger partial charge on any atom is 0.418 e. The van der Waals surface area contributed by atoms with Gasteiger partial charge in [-0.2, -0.15) is 13.2 Å². The lowest BCUT2D eigenvalue weighted by molar-refractivity contribution is -0.137. The van der Waals surface area contributed by atoms with Crippen molar-refractivity contribution in [3.63, 3.8) is 0 Å². The number of hydrogen-bond acceptors (Lipinski definition) is 2. The van der Waals surface area contributed by atoms with E-state index in [1.165, 1.54) is 12.1 Å². The predicted octanol–water partition coefficient (Wildman–Crippen LogP) is 3.76. The molecule has 1 fully saturated rings. The molecule has 116 valence electrons. The van der Waals surface area contributed by atoms with Gasteiger partial charge in [0, 0.05) is 19.1 Å². The molecule has 1 aromatic rings. The molecule has 3 nitrogen and oxygen atoms in total. The average molecular weight is 300 g/mol. The number of halogens is 3. The minimum absolute atomic E-state index is 0.0976. The van der Waals surface area contributed by atoms with Gasteiger partial charge in [0.1, 0.15) is 0 Å². The van der Waals surface area contributed by atoms with Gasteiger partial charge < -0.3 is 10.2 Å². The molecule has 1 aliphatic carbocycles.